The largest absolute Gasteiger partial charge is 0.331 e. The SMILES string of the molecule is CC=CC(c1ccc(F)cc1)N1C(=O)CC(=O)NC1=O. The highest BCUT2D eigenvalue weighted by molar-refractivity contribution is 6.14. The monoisotopic (exact) mass is 276 g/mol. The van der Waals surface area contributed by atoms with Crippen molar-refractivity contribution in [3.63, 3.8) is 0 Å². The summed E-state index contributed by atoms with van der Waals surface area (Å²) in [6.07, 6.45) is 2.95. The highest BCUT2D eigenvalue weighted by Crippen LogP contribution is 2.25. The summed E-state index contributed by atoms with van der Waals surface area (Å²) in [5.74, 6) is -1.60. The third-order valence-electron chi connectivity index (χ3n) is 2.91. The van der Waals surface area contributed by atoms with Gasteiger partial charge < -0.3 is 0 Å². The Bertz CT molecular complexity index is 561. The molecule has 1 aliphatic rings. The van der Waals surface area contributed by atoms with Crippen LogP contribution in [0.4, 0.5) is 9.18 Å². The normalized spacial score (nSPS) is 17.5. The molecular weight excluding hydrogens is 263 g/mol. The average molecular weight is 276 g/mol. The van der Waals surface area contributed by atoms with Gasteiger partial charge in [-0.05, 0) is 24.6 Å². The fourth-order valence-corrected chi connectivity index (χ4v) is 2.03. The maximum Gasteiger partial charge on any atom is 0.331 e. The molecule has 6 heteroatoms. The number of amides is 4. The molecule has 1 aliphatic heterocycles. The van der Waals surface area contributed by atoms with E-state index in [0.717, 1.165) is 4.90 Å². The van der Waals surface area contributed by atoms with Gasteiger partial charge in [0, 0.05) is 0 Å². The maximum absolute atomic E-state index is 13.0. The van der Waals surface area contributed by atoms with Crippen molar-refractivity contribution < 1.29 is 18.8 Å². The molecule has 20 heavy (non-hydrogen) atoms. The molecule has 1 N–H and O–H groups in total. The summed E-state index contributed by atoms with van der Waals surface area (Å²) >= 11 is 0. The molecule has 0 aliphatic carbocycles. The lowest BCUT2D eigenvalue weighted by Gasteiger charge is -2.31. The molecule has 4 amide bonds. The van der Waals surface area contributed by atoms with Crippen molar-refractivity contribution in [2.45, 2.75) is 19.4 Å². The van der Waals surface area contributed by atoms with Crippen LogP contribution in [0, 0.1) is 5.82 Å². The Morgan fingerprint density at radius 2 is 1.90 bits per heavy atom. The minimum Gasteiger partial charge on any atom is -0.277 e. The number of nitrogens with zero attached hydrogens (tertiary/aromatic N) is 1. The number of halogens is 1. The first-order valence-corrected chi connectivity index (χ1v) is 6.07. The van der Waals surface area contributed by atoms with Crippen LogP contribution in [0.15, 0.2) is 36.4 Å². The van der Waals surface area contributed by atoms with Gasteiger partial charge in [-0.1, -0.05) is 24.3 Å². The van der Waals surface area contributed by atoms with Crippen molar-refractivity contribution in [1.29, 1.82) is 0 Å². The Hall–Kier alpha value is -2.50. The number of carbonyl (C=O) groups excluding carboxylic acids is 3. The van der Waals surface area contributed by atoms with Crippen LogP contribution < -0.4 is 5.32 Å². The Balaban J connectivity index is 2.37. The Kier molecular flexibility index (Phi) is 3.93. The number of rotatable bonds is 3. The standard InChI is InChI=1S/C14H13FN2O3/c1-2-3-11(9-4-6-10(15)7-5-9)17-13(19)8-12(18)16-14(17)20/h2-7,11H,8H2,1H3,(H,16,18,20). The van der Waals surface area contributed by atoms with E-state index in [9.17, 15) is 18.8 Å². The smallest absolute Gasteiger partial charge is 0.277 e. The minimum atomic E-state index is -0.765. The molecule has 1 heterocycles. The van der Waals surface area contributed by atoms with E-state index in [2.05, 4.69) is 5.32 Å². The molecule has 5 nitrogen and oxygen atoms in total. The molecule has 1 saturated heterocycles. The molecule has 0 saturated carbocycles. The Morgan fingerprint density at radius 1 is 1.25 bits per heavy atom. The van der Waals surface area contributed by atoms with Gasteiger partial charge in [-0.15, -0.1) is 0 Å². The second-order valence-corrected chi connectivity index (χ2v) is 4.32. The molecular formula is C14H13FN2O3. The van der Waals surface area contributed by atoms with E-state index in [-0.39, 0.29) is 6.42 Å². The fourth-order valence-electron chi connectivity index (χ4n) is 2.03. The van der Waals surface area contributed by atoms with Gasteiger partial charge in [0.2, 0.25) is 11.8 Å². The first-order chi connectivity index (χ1) is 9.52. The molecule has 1 aromatic rings. The predicted octanol–water partition coefficient (Wildman–Crippen LogP) is 1.91. The average Bonchev–Trinajstić information content (AvgIpc) is 2.37. The van der Waals surface area contributed by atoms with Crippen LogP contribution in [0.2, 0.25) is 0 Å². The first-order valence-electron chi connectivity index (χ1n) is 6.07. The number of carbonyl (C=O) groups is 3. The number of nitrogens with one attached hydrogen (secondary N) is 1. The van der Waals surface area contributed by atoms with E-state index in [1.54, 1.807) is 19.1 Å². The summed E-state index contributed by atoms with van der Waals surface area (Å²) in [4.78, 5) is 35.9. The second-order valence-electron chi connectivity index (χ2n) is 4.32. The lowest BCUT2D eigenvalue weighted by Crippen LogP contribution is -2.53. The van der Waals surface area contributed by atoms with Crippen LogP contribution in [0.25, 0.3) is 0 Å². The third-order valence-corrected chi connectivity index (χ3v) is 2.91. The summed E-state index contributed by atoms with van der Waals surface area (Å²) in [6, 6.07) is 4.07. The van der Waals surface area contributed by atoms with Gasteiger partial charge in [0.25, 0.3) is 0 Å². The van der Waals surface area contributed by atoms with Gasteiger partial charge in [0.05, 0.1) is 6.04 Å². The van der Waals surface area contributed by atoms with Gasteiger partial charge in [0.1, 0.15) is 12.2 Å². The topological polar surface area (TPSA) is 66.5 Å². The number of hydrogen-bond acceptors (Lipinski definition) is 3. The number of barbiturate groups is 1. The predicted molar refractivity (Wildman–Crippen MR) is 69.0 cm³/mol. The lowest BCUT2D eigenvalue weighted by atomic mass is 10.0. The highest BCUT2D eigenvalue weighted by atomic mass is 19.1. The summed E-state index contributed by atoms with van der Waals surface area (Å²) in [7, 11) is 0. The van der Waals surface area contributed by atoms with Gasteiger partial charge in [0.15, 0.2) is 0 Å². The summed E-state index contributed by atoms with van der Waals surface area (Å²) < 4.78 is 13.0. The number of benzene rings is 1. The molecule has 1 atom stereocenters. The number of hydrogen-bond donors (Lipinski definition) is 1. The lowest BCUT2D eigenvalue weighted by molar-refractivity contribution is -0.137. The minimum absolute atomic E-state index is 0.374. The number of imide groups is 2. The van der Waals surface area contributed by atoms with Gasteiger partial charge in [-0.25, -0.2) is 9.18 Å². The molecule has 2 rings (SSSR count). The summed E-state index contributed by atoms with van der Waals surface area (Å²) in [5.41, 5.74) is 0.586. The van der Waals surface area contributed by atoms with E-state index in [1.165, 1.54) is 24.3 Å². The molecule has 0 aromatic heterocycles. The van der Waals surface area contributed by atoms with E-state index < -0.39 is 29.7 Å². The van der Waals surface area contributed by atoms with Crippen molar-refractivity contribution in [2.75, 3.05) is 0 Å². The zero-order valence-corrected chi connectivity index (χ0v) is 10.8. The third kappa shape index (κ3) is 2.74. The van der Waals surface area contributed by atoms with E-state index in [4.69, 9.17) is 0 Å². The van der Waals surface area contributed by atoms with E-state index >= 15 is 0 Å². The zero-order valence-electron chi connectivity index (χ0n) is 10.8. The first kappa shape index (κ1) is 13.9. The van der Waals surface area contributed by atoms with Crippen molar-refractivity contribution in [1.82, 2.24) is 10.2 Å². The van der Waals surface area contributed by atoms with Crippen LogP contribution in [0.1, 0.15) is 24.9 Å². The quantitative estimate of drug-likeness (QED) is 0.677. The van der Waals surface area contributed by atoms with Gasteiger partial charge in [-0.3, -0.25) is 19.8 Å². The highest BCUT2D eigenvalue weighted by Gasteiger charge is 2.35. The summed E-state index contributed by atoms with van der Waals surface area (Å²) in [5, 5.41) is 2.10. The number of urea groups is 1. The second kappa shape index (κ2) is 5.64. The molecule has 104 valence electrons. The van der Waals surface area contributed by atoms with Crippen LogP contribution in [0.3, 0.4) is 0 Å². The van der Waals surface area contributed by atoms with E-state index in [0.29, 0.717) is 5.56 Å². The zero-order chi connectivity index (χ0) is 14.7. The van der Waals surface area contributed by atoms with Gasteiger partial charge in [-0.2, -0.15) is 0 Å². The van der Waals surface area contributed by atoms with Crippen LogP contribution >= 0.6 is 0 Å². The van der Waals surface area contributed by atoms with Crippen molar-refractivity contribution in [3.8, 4) is 0 Å². The van der Waals surface area contributed by atoms with Crippen LogP contribution in [0.5, 0.6) is 0 Å². The van der Waals surface area contributed by atoms with Crippen molar-refractivity contribution in [2.24, 2.45) is 0 Å². The van der Waals surface area contributed by atoms with E-state index in [1.807, 2.05) is 0 Å². The Labute approximate surface area is 115 Å². The van der Waals surface area contributed by atoms with Crippen molar-refractivity contribution >= 4 is 17.8 Å². The molecule has 0 bridgehead atoms. The van der Waals surface area contributed by atoms with Gasteiger partial charge >= 0.3 is 6.03 Å². The molecule has 0 radical (unpaired) electrons. The summed E-state index contributed by atoms with van der Waals surface area (Å²) in [6.45, 7) is 1.74. The molecule has 0 spiro atoms. The Morgan fingerprint density at radius 3 is 2.45 bits per heavy atom. The molecule has 1 fully saturated rings. The van der Waals surface area contributed by atoms with Crippen LogP contribution in [-0.2, 0) is 9.59 Å². The maximum atomic E-state index is 13.0. The fraction of sp³-hybridized carbons (Fsp3) is 0.214. The molecule has 1 unspecified atom stereocenters. The number of allylic oxidation sites excluding steroid dienone is 1. The molecule has 1 aromatic carbocycles. The van der Waals surface area contributed by atoms with Crippen molar-refractivity contribution in [3.05, 3.63) is 47.8 Å². The van der Waals surface area contributed by atoms with Crippen LogP contribution in [-0.4, -0.2) is 22.7 Å².